The molecular formula is C11H18ClNO2. The van der Waals surface area contributed by atoms with Gasteiger partial charge in [-0.1, -0.05) is 0 Å². The average Bonchev–Trinajstić information content (AvgIpc) is 2.92. The van der Waals surface area contributed by atoms with E-state index in [-0.39, 0.29) is 17.0 Å². The van der Waals surface area contributed by atoms with Gasteiger partial charge in [-0.3, -0.25) is 4.79 Å². The molecule has 0 atom stereocenters. The highest BCUT2D eigenvalue weighted by molar-refractivity contribution is 6.19. The molecule has 0 aromatic rings. The zero-order chi connectivity index (χ0) is 10.9. The smallest absolute Gasteiger partial charge is 0.223 e. The molecule has 1 amide bonds. The minimum Gasteiger partial charge on any atom is -0.378 e. The van der Waals surface area contributed by atoms with Gasteiger partial charge in [0, 0.05) is 13.0 Å². The van der Waals surface area contributed by atoms with E-state index in [2.05, 4.69) is 5.32 Å². The summed E-state index contributed by atoms with van der Waals surface area (Å²) >= 11 is 5.81. The number of carbonyl (C=O) groups excluding carboxylic acids is 1. The molecule has 0 aliphatic heterocycles. The van der Waals surface area contributed by atoms with Crippen molar-refractivity contribution in [3.05, 3.63) is 0 Å². The summed E-state index contributed by atoms with van der Waals surface area (Å²) in [5, 5.41) is 3.02. The summed E-state index contributed by atoms with van der Waals surface area (Å²) in [5.41, 5.74) is -0.260. The van der Waals surface area contributed by atoms with Crippen molar-refractivity contribution in [3.8, 4) is 0 Å². The van der Waals surface area contributed by atoms with Gasteiger partial charge in [0.05, 0.1) is 17.6 Å². The topological polar surface area (TPSA) is 38.3 Å². The van der Waals surface area contributed by atoms with E-state index in [1.54, 1.807) is 7.11 Å². The van der Waals surface area contributed by atoms with Crippen LogP contribution in [0.2, 0.25) is 0 Å². The molecular weight excluding hydrogens is 214 g/mol. The number of nitrogens with one attached hydrogen (secondary N) is 1. The molecule has 0 radical (unpaired) electrons. The van der Waals surface area contributed by atoms with Gasteiger partial charge in [0.15, 0.2) is 0 Å². The second kappa shape index (κ2) is 3.95. The average molecular weight is 232 g/mol. The summed E-state index contributed by atoms with van der Waals surface area (Å²) in [6, 6.07) is 0. The quantitative estimate of drug-likeness (QED) is 0.734. The maximum absolute atomic E-state index is 11.8. The van der Waals surface area contributed by atoms with Crippen LogP contribution < -0.4 is 5.32 Å². The maximum atomic E-state index is 11.8. The number of carbonyl (C=O) groups is 1. The van der Waals surface area contributed by atoms with Gasteiger partial charge in [0.2, 0.25) is 5.91 Å². The molecule has 86 valence electrons. The molecule has 15 heavy (non-hydrogen) atoms. The van der Waals surface area contributed by atoms with Gasteiger partial charge in [-0.2, -0.15) is 0 Å². The minimum atomic E-state index is -0.174. The van der Waals surface area contributed by atoms with Crippen molar-refractivity contribution in [2.45, 2.75) is 49.7 Å². The Hall–Kier alpha value is -0.280. The Morgan fingerprint density at radius 1 is 1.40 bits per heavy atom. The second-order valence-corrected chi connectivity index (χ2v) is 5.15. The highest BCUT2D eigenvalue weighted by Gasteiger charge is 2.45. The lowest BCUT2D eigenvalue weighted by Crippen LogP contribution is -2.47. The van der Waals surface area contributed by atoms with Crippen LogP contribution in [0.1, 0.15) is 38.5 Å². The van der Waals surface area contributed by atoms with Crippen LogP contribution in [0, 0.1) is 0 Å². The van der Waals surface area contributed by atoms with Crippen molar-refractivity contribution in [2.75, 3.05) is 13.0 Å². The van der Waals surface area contributed by atoms with Crippen LogP contribution >= 0.6 is 11.6 Å². The standard InChI is InChI=1S/C11H18ClNO2/c1-15-11(3-2-4-11)7-9(14)13-10(8-12)5-6-10/h2-8H2,1H3,(H,13,14). The monoisotopic (exact) mass is 231 g/mol. The van der Waals surface area contributed by atoms with Crippen molar-refractivity contribution < 1.29 is 9.53 Å². The molecule has 0 aromatic carbocycles. The van der Waals surface area contributed by atoms with Crippen LogP contribution in [0.4, 0.5) is 0 Å². The van der Waals surface area contributed by atoms with Crippen molar-refractivity contribution in [3.63, 3.8) is 0 Å². The minimum absolute atomic E-state index is 0.0860. The summed E-state index contributed by atoms with van der Waals surface area (Å²) in [6.07, 6.45) is 5.70. The number of hydrogen-bond acceptors (Lipinski definition) is 2. The van der Waals surface area contributed by atoms with Gasteiger partial charge >= 0.3 is 0 Å². The summed E-state index contributed by atoms with van der Waals surface area (Å²) in [5.74, 6) is 0.619. The van der Waals surface area contributed by atoms with E-state index in [4.69, 9.17) is 16.3 Å². The van der Waals surface area contributed by atoms with E-state index in [9.17, 15) is 4.79 Å². The fraction of sp³-hybridized carbons (Fsp3) is 0.909. The van der Waals surface area contributed by atoms with Crippen LogP contribution in [-0.4, -0.2) is 30.0 Å². The van der Waals surface area contributed by atoms with Crippen molar-refractivity contribution in [1.29, 1.82) is 0 Å². The maximum Gasteiger partial charge on any atom is 0.223 e. The van der Waals surface area contributed by atoms with E-state index < -0.39 is 0 Å². The third-order valence-electron chi connectivity index (χ3n) is 3.69. The zero-order valence-electron chi connectivity index (χ0n) is 9.14. The number of amides is 1. The predicted molar refractivity (Wildman–Crippen MR) is 59.0 cm³/mol. The number of rotatable bonds is 5. The van der Waals surface area contributed by atoms with Gasteiger partial charge < -0.3 is 10.1 Å². The molecule has 2 rings (SSSR count). The molecule has 0 heterocycles. The van der Waals surface area contributed by atoms with E-state index in [1.807, 2.05) is 0 Å². The Morgan fingerprint density at radius 2 is 2.07 bits per heavy atom. The van der Waals surface area contributed by atoms with Gasteiger partial charge in [-0.05, 0) is 32.1 Å². The number of halogens is 1. The first-order chi connectivity index (χ1) is 7.14. The Balaban J connectivity index is 1.82. The first-order valence-corrected chi connectivity index (χ1v) is 6.09. The highest BCUT2D eigenvalue weighted by Crippen LogP contribution is 2.40. The molecule has 1 N–H and O–H groups in total. The van der Waals surface area contributed by atoms with Crippen LogP contribution in [0.25, 0.3) is 0 Å². The summed E-state index contributed by atoms with van der Waals surface area (Å²) in [6.45, 7) is 0. The lowest BCUT2D eigenvalue weighted by Gasteiger charge is -2.40. The summed E-state index contributed by atoms with van der Waals surface area (Å²) in [4.78, 5) is 11.8. The van der Waals surface area contributed by atoms with Crippen LogP contribution in [-0.2, 0) is 9.53 Å². The molecule has 0 bridgehead atoms. The normalized spacial score (nSPS) is 25.5. The molecule has 3 nitrogen and oxygen atoms in total. The number of methoxy groups -OCH3 is 1. The zero-order valence-corrected chi connectivity index (χ0v) is 9.90. The van der Waals surface area contributed by atoms with Crippen molar-refractivity contribution >= 4 is 17.5 Å². The number of ether oxygens (including phenoxy) is 1. The molecule has 2 saturated carbocycles. The van der Waals surface area contributed by atoms with Crippen LogP contribution in [0.3, 0.4) is 0 Å². The van der Waals surface area contributed by atoms with E-state index in [0.717, 1.165) is 25.7 Å². The van der Waals surface area contributed by atoms with Crippen LogP contribution in [0.5, 0.6) is 0 Å². The third kappa shape index (κ3) is 2.28. The first kappa shape index (κ1) is 11.2. The summed E-state index contributed by atoms with van der Waals surface area (Å²) in [7, 11) is 1.70. The van der Waals surface area contributed by atoms with Gasteiger partial charge in [0.25, 0.3) is 0 Å². The van der Waals surface area contributed by atoms with Crippen molar-refractivity contribution in [1.82, 2.24) is 5.32 Å². The van der Waals surface area contributed by atoms with Crippen molar-refractivity contribution in [2.24, 2.45) is 0 Å². The molecule has 0 spiro atoms. The van der Waals surface area contributed by atoms with E-state index in [1.165, 1.54) is 6.42 Å². The molecule has 2 fully saturated rings. The number of alkyl halides is 1. The molecule has 0 unspecified atom stereocenters. The molecule has 2 aliphatic carbocycles. The molecule has 0 aromatic heterocycles. The lowest BCUT2D eigenvalue weighted by atomic mass is 9.77. The fourth-order valence-corrected chi connectivity index (χ4v) is 2.43. The van der Waals surface area contributed by atoms with Crippen LogP contribution in [0.15, 0.2) is 0 Å². The molecule has 0 saturated heterocycles. The fourth-order valence-electron chi connectivity index (χ4n) is 2.10. The lowest BCUT2D eigenvalue weighted by molar-refractivity contribution is -0.135. The predicted octanol–water partition coefficient (Wildman–Crippen LogP) is 1.83. The Morgan fingerprint density at radius 3 is 2.40 bits per heavy atom. The van der Waals surface area contributed by atoms with E-state index in [0.29, 0.717) is 12.3 Å². The summed E-state index contributed by atoms with van der Waals surface area (Å²) < 4.78 is 5.42. The first-order valence-electron chi connectivity index (χ1n) is 5.56. The SMILES string of the molecule is COC1(CC(=O)NC2(CCl)CC2)CCC1. The Bertz CT molecular complexity index is 254. The second-order valence-electron chi connectivity index (χ2n) is 4.88. The molecule has 4 heteroatoms. The number of hydrogen-bond donors (Lipinski definition) is 1. The van der Waals surface area contributed by atoms with Gasteiger partial charge in [-0.25, -0.2) is 0 Å². The molecule has 2 aliphatic rings. The highest BCUT2D eigenvalue weighted by atomic mass is 35.5. The van der Waals surface area contributed by atoms with Gasteiger partial charge in [0.1, 0.15) is 0 Å². The Labute approximate surface area is 95.5 Å². The third-order valence-corrected chi connectivity index (χ3v) is 4.21. The Kier molecular flexibility index (Phi) is 2.95. The van der Waals surface area contributed by atoms with Gasteiger partial charge in [-0.15, -0.1) is 11.6 Å². The largest absolute Gasteiger partial charge is 0.378 e. The van der Waals surface area contributed by atoms with E-state index >= 15 is 0 Å².